The van der Waals surface area contributed by atoms with E-state index in [1.54, 1.807) is 6.92 Å². The molecule has 0 aromatic heterocycles. The van der Waals surface area contributed by atoms with Crippen LogP contribution in [0.2, 0.25) is 0 Å². The fourth-order valence-electron chi connectivity index (χ4n) is 1.88. The second-order valence-electron chi connectivity index (χ2n) is 4.26. The summed E-state index contributed by atoms with van der Waals surface area (Å²) in [4.78, 5) is 12.1. The topological polar surface area (TPSA) is 52.3 Å². The van der Waals surface area contributed by atoms with Gasteiger partial charge in [-0.3, -0.25) is 4.79 Å². The van der Waals surface area contributed by atoms with E-state index in [2.05, 4.69) is 0 Å². The summed E-state index contributed by atoms with van der Waals surface area (Å²) in [6, 6.07) is 4.94. The van der Waals surface area contributed by atoms with Crippen LogP contribution >= 0.6 is 0 Å². The van der Waals surface area contributed by atoms with E-state index >= 15 is 0 Å². The maximum Gasteiger partial charge on any atom is 0.199 e. The van der Waals surface area contributed by atoms with E-state index < -0.39 is 28.8 Å². The van der Waals surface area contributed by atoms with E-state index in [9.17, 15) is 18.0 Å². The average Bonchev–Trinajstić information content (AvgIpc) is 2.40. The Labute approximate surface area is 119 Å². The van der Waals surface area contributed by atoms with Crippen molar-refractivity contribution < 1.29 is 22.7 Å². The zero-order chi connectivity index (χ0) is 15.6. The van der Waals surface area contributed by atoms with E-state index in [0.717, 1.165) is 0 Å². The van der Waals surface area contributed by atoms with Crippen LogP contribution in [0.3, 0.4) is 0 Å². The van der Waals surface area contributed by atoms with Crippen molar-refractivity contribution in [3.05, 3.63) is 58.9 Å². The number of nitrogen functional groups attached to an aromatic ring is 1. The number of ketones is 1. The monoisotopic (exact) mass is 295 g/mol. The summed E-state index contributed by atoms with van der Waals surface area (Å²) in [7, 11) is 0. The highest BCUT2D eigenvalue weighted by Gasteiger charge is 2.21. The molecule has 0 saturated heterocycles. The van der Waals surface area contributed by atoms with Gasteiger partial charge in [0.15, 0.2) is 5.78 Å². The van der Waals surface area contributed by atoms with Crippen LogP contribution in [-0.2, 0) is 0 Å². The second-order valence-corrected chi connectivity index (χ2v) is 4.26. The van der Waals surface area contributed by atoms with Gasteiger partial charge in [0.05, 0.1) is 17.9 Å². The Morgan fingerprint density at radius 1 is 1.14 bits per heavy atom. The number of carbonyl (C=O) groups is 1. The van der Waals surface area contributed by atoms with Crippen molar-refractivity contribution in [2.75, 3.05) is 12.3 Å². The number of halogens is 3. The highest BCUT2D eigenvalue weighted by atomic mass is 19.1. The Hall–Kier alpha value is -2.50. The van der Waals surface area contributed by atoms with Gasteiger partial charge in [0.2, 0.25) is 0 Å². The number of hydrogen-bond donors (Lipinski definition) is 1. The molecule has 6 heteroatoms. The first-order valence-corrected chi connectivity index (χ1v) is 6.15. The van der Waals surface area contributed by atoms with Gasteiger partial charge < -0.3 is 10.5 Å². The van der Waals surface area contributed by atoms with E-state index in [0.29, 0.717) is 24.5 Å². The summed E-state index contributed by atoms with van der Waals surface area (Å²) >= 11 is 0. The van der Waals surface area contributed by atoms with Crippen molar-refractivity contribution in [2.45, 2.75) is 6.92 Å². The van der Waals surface area contributed by atoms with E-state index in [-0.39, 0.29) is 11.3 Å². The van der Waals surface area contributed by atoms with Gasteiger partial charge in [0.1, 0.15) is 23.2 Å². The minimum atomic E-state index is -1.26. The molecule has 0 atom stereocenters. The smallest absolute Gasteiger partial charge is 0.199 e. The van der Waals surface area contributed by atoms with Crippen molar-refractivity contribution in [1.29, 1.82) is 0 Å². The molecule has 0 aliphatic carbocycles. The van der Waals surface area contributed by atoms with E-state index in [1.807, 2.05) is 0 Å². The Morgan fingerprint density at radius 2 is 1.76 bits per heavy atom. The summed E-state index contributed by atoms with van der Waals surface area (Å²) in [5.41, 5.74) is 5.04. The number of ether oxygens (including phenoxy) is 1. The molecule has 0 heterocycles. The van der Waals surface area contributed by atoms with Crippen molar-refractivity contribution in [2.24, 2.45) is 0 Å². The Kier molecular flexibility index (Phi) is 4.16. The number of carbonyl (C=O) groups excluding carboxylic acids is 1. The van der Waals surface area contributed by atoms with E-state index in [4.69, 9.17) is 10.5 Å². The highest BCUT2D eigenvalue weighted by Crippen LogP contribution is 2.25. The number of benzene rings is 2. The summed E-state index contributed by atoms with van der Waals surface area (Å²) in [6.45, 7) is 2.15. The van der Waals surface area contributed by atoms with Gasteiger partial charge in [0, 0.05) is 17.7 Å². The third kappa shape index (κ3) is 2.99. The van der Waals surface area contributed by atoms with Crippen LogP contribution in [0.15, 0.2) is 30.3 Å². The van der Waals surface area contributed by atoms with Crippen molar-refractivity contribution in [3.63, 3.8) is 0 Å². The molecule has 0 spiro atoms. The number of nitrogens with two attached hydrogens (primary N) is 1. The maximum atomic E-state index is 13.6. The summed E-state index contributed by atoms with van der Waals surface area (Å²) in [6.07, 6.45) is 0. The van der Waals surface area contributed by atoms with Crippen LogP contribution in [-0.4, -0.2) is 12.4 Å². The lowest BCUT2D eigenvalue weighted by molar-refractivity contribution is 0.103. The van der Waals surface area contributed by atoms with Gasteiger partial charge >= 0.3 is 0 Å². The molecule has 110 valence electrons. The molecular formula is C15H12F3NO2. The van der Waals surface area contributed by atoms with Gasteiger partial charge in [-0.1, -0.05) is 0 Å². The van der Waals surface area contributed by atoms with Gasteiger partial charge in [0.25, 0.3) is 0 Å². The van der Waals surface area contributed by atoms with Crippen LogP contribution in [0.5, 0.6) is 5.75 Å². The van der Waals surface area contributed by atoms with Gasteiger partial charge in [-0.2, -0.15) is 0 Å². The minimum absolute atomic E-state index is 0.0136. The predicted octanol–water partition coefficient (Wildman–Crippen LogP) is 3.32. The first-order chi connectivity index (χ1) is 9.93. The quantitative estimate of drug-likeness (QED) is 0.695. The lowest BCUT2D eigenvalue weighted by Gasteiger charge is -2.09. The predicted molar refractivity (Wildman–Crippen MR) is 71.8 cm³/mol. The van der Waals surface area contributed by atoms with Crippen LogP contribution < -0.4 is 10.5 Å². The molecule has 3 nitrogen and oxygen atoms in total. The lowest BCUT2D eigenvalue weighted by atomic mass is 10.0. The molecule has 0 fully saturated rings. The molecule has 0 unspecified atom stereocenters. The molecule has 0 aliphatic rings. The van der Waals surface area contributed by atoms with Crippen LogP contribution in [0.25, 0.3) is 0 Å². The van der Waals surface area contributed by atoms with Gasteiger partial charge in [-0.15, -0.1) is 0 Å². The zero-order valence-corrected chi connectivity index (χ0v) is 11.1. The first kappa shape index (κ1) is 14.9. The molecule has 2 N–H and O–H groups in total. The summed E-state index contributed by atoms with van der Waals surface area (Å²) in [5.74, 6) is -4.16. The maximum absolute atomic E-state index is 13.6. The third-order valence-electron chi connectivity index (χ3n) is 2.81. The Bertz CT molecular complexity index is 678. The molecular weight excluding hydrogens is 283 g/mol. The van der Waals surface area contributed by atoms with E-state index in [1.165, 1.54) is 18.2 Å². The second kappa shape index (κ2) is 5.87. The minimum Gasteiger partial charge on any atom is -0.492 e. The molecule has 0 aliphatic heterocycles. The zero-order valence-electron chi connectivity index (χ0n) is 11.1. The molecule has 0 saturated carbocycles. The number of anilines is 1. The normalized spacial score (nSPS) is 10.5. The van der Waals surface area contributed by atoms with Crippen LogP contribution in [0.1, 0.15) is 22.8 Å². The molecule has 21 heavy (non-hydrogen) atoms. The van der Waals surface area contributed by atoms with Gasteiger partial charge in [-0.25, -0.2) is 13.2 Å². The fraction of sp³-hybridized carbons (Fsp3) is 0.133. The van der Waals surface area contributed by atoms with Crippen LogP contribution in [0, 0.1) is 17.5 Å². The summed E-state index contributed by atoms with van der Waals surface area (Å²) in [5, 5.41) is 0. The lowest BCUT2D eigenvalue weighted by Crippen LogP contribution is -2.09. The van der Waals surface area contributed by atoms with Gasteiger partial charge in [-0.05, 0) is 25.1 Å². The molecule has 0 amide bonds. The summed E-state index contributed by atoms with van der Waals surface area (Å²) < 4.78 is 45.2. The average molecular weight is 295 g/mol. The number of hydrogen-bond acceptors (Lipinski definition) is 3. The molecule has 2 aromatic carbocycles. The fourth-order valence-corrected chi connectivity index (χ4v) is 1.88. The first-order valence-electron chi connectivity index (χ1n) is 6.15. The Balaban J connectivity index is 2.43. The number of rotatable bonds is 4. The standard InChI is InChI=1S/C15H12F3NO2/c1-2-21-13-4-3-8(5-12(13)19)15(20)14-10(17)6-9(16)7-11(14)18/h3-7H,2,19H2,1H3. The van der Waals surface area contributed by atoms with Crippen molar-refractivity contribution in [1.82, 2.24) is 0 Å². The SMILES string of the molecule is CCOc1ccc(C(=O)c2c(F)cc(F)cc2F)cc1N. The third-order valence-corrected chi connectivity index (χ3v) is 2.81. The molecule has 2 rings (SSSR count). The Morgan fingerprint density at radius 3 is 2.29 bits per heavy atom. The molecule has 0 radical (unpaired) electrons. The molecule has 0 bridgehead atoms. The van der Waals surface area contributed by atoms with Crippen molar-refractivity contribution >= 4 is 11.5 Å². The molecule has 2 aromatic rings. The largest absolute Gasteiger partial charge is 0.492 e. The van der Waals surface area contributed by atoms with Crippen molar-refractivity contribution in [3.8, 4) is 5.75 Å². The van der Waals surface area contributed by atoms with Crippen LogP contribution in [0.4, 0.5) is 18.9 Å². The highest BCUT2D eigenvalue weighted by molar-refractivity contribution is 6.09.